The quantitative estimate of drug-likeness (QED) is 0.615. The van der Waals surface area contributed by atoms with Gasteiger partial charge in [-0.3, -0.25) is 14.8 Å². The second-order valence-electron chi connectivity index (χ2n) is 8.43. The van der Waals surface area contributed by atoms with Crippen molar-refractivity contribution in [2.75, 3.05) is 11.7 Å². The molecule has 8 heteroatoms. The number of carbonyl (C=O) groups is 1. The van der Waals surface area contributed by atoms with Crippen molar-refractivity contribution < 1.29 is 14.3 Å². The lowest BCUT2D eigenvalue weighted by atomic mass is 9.75. The van der Waals surface area contributed by atoms with E-state index in [1.807, 2.05) is 54.6 Å². The highest BCUT2D eigenvalue weighted by molar-refractivity contribution is 6.01. The number of H-pyrrole nitrogens is 1. The van der Waals surface area contributed by atoms with Crippen LogP contribution in [0.15, 0.2) is 77.3 Å². The molecular formula is C26H21N5O3. The fourth-order valence-electron chi connectivity index (χ4n) is 4.97. The normalized spacial score (nSPS) is 19.3. The third-order valence-corrected chi connectivity index (χ3v) is 6.52. The van der Waals surface area contributed by atoms with Crippen molar-refractivity contribution >= 4 is 11.6 Å². The van der Waals surface area contributed by atoms with E-state index < -0.39 is 5.92 Å². The molecule has 0 bridgehead atoms. The zero-order chi connectivity index (χ0) is 23.2. The molecule has 34 heavy (non-hydrogen) atoms. The highest BCUT2D eigenvalue weighted by Gasteiger charge is 2.41. The number of hydrogen-bond acceptors (Lipinski definition) is 7. The number of allylic oxidation sites excluding steroid dienone is 3. The van der Waals surface area contributed by atoms with Crippen molar-refractivity contribution in [1.82, 2.24) is 10.2 Å². The van der Waals surface area contributed by atoms with E-state index in [9.17, 15) is 10.1 Å². The monoisotopic (exact) mass is 451 g/mol. The predicted octanol–water partition coefficient (Wildman–Crippen LogP) is 4.11. The van der Waals surface area contributed by atoms with Gasteiger partial charge >= 0.3 is 0 Å². The molecule has 0 radical (unpaired) electrons. The summed E-state index contributed by atoms with van der Waals surface area (Å²) in [5, 5.41) is 17.7. The van der Waals surface area contributed by atoms with Gasteiger partial charge in [0.25, 0.3) is 0 Å². The summed E-state index contributed by atoms with van der Waals surface area (Å²) in [6.07, 6.45) is 1.81. The first-order valence-corrected chi connectivity index (χ1v) is 11.1. The molecule has 1 aromatic heterocycles. The molecule has 0 unspecified atom stereocenters. The minimum Gasteiger partial charge on any atom is -0.454 e. The maximum absolute atomic E-state index is 13.3. The Bertz CT molecular complexity index is 1410. The van der Waals surface area contributed by atoms with Crippen molar-refractivity contribution in [2.45, 2.75) is 25.2 Å². The third-order valence-electron chi connectivity index (χ3n) is 6.52. The largest absolute Gasteiger partial charge is 0.454 e. The van der Waals surface area contributed by atoms with Crippen LogP contribution in [0.2, 0.25) is 0 Å². The Labute approximate surface area is 195 Å². The number of aromatic nitrogens is 2. The lowest BCUT2D eigenvalue weighted by Crippen LogP contribution is -2.38. The van der Waals surface area contributed by atoms with Crippen LogP contribution in [-0.4, -0.2) is 22.8 Å². The summed E-state index contributed by atoms with van der Waals surface area (Å²) in [6.45, 7) is 0.149. The van der Waals surface area contributed by atoms with Gasteiger partial charge in [0, 0.05) is 23.8 Å². The van der Waals surface area contributed by atoms with Gasteiger partial charge in [-0.15, -0.1) is 0 Å². The Balaban J connectivity index is 1.50. The molecule has 0 fully saturated rings. The molecule has 2 aliphatic heterocycles. The van der Waals surface area contributed by atoms with Gasteiger partial charge in [-0.1, -0.05) is 36.4 Å². The van der Waals surface area contributed by atoms with Gasteiger partial charge in [-0.05, 0) is 36.1 Å². The Morgan fingerprint density at radius 1 is 1.09 bits per heavy atom. The number of rotatable bonds is 3. The zero-order valence-electron chi connectivity index (χ0n) is 18.2. The number of nitrogens with two attached hydrogens (primary N) is 1. The number of nitrogens with one attached hydrogen (secondary N) is 1. The number of ketones is 1. The molecule has 8 nitrogen and oxygen atoms in total. The van der Waals surface area contributed by atoms with E-state index in [4.69, 9.17) is 15.2 Å². The first-order chi connectivity index (χ1) is 16.7. The number of aromatic amines is 1. The SMILES string of the molecule is N#CC1=C(N)N(c2cc(-c3ccccc3)[nH]n2)C2=C(C(=O)CCC2)[C@@H]1c1ccc2c(c1)OCO2. The zero-order valence-corrected chi connectivity index (χ0v) is 18.2. The first-order valence-electron chi connectivity index (χ1n) is 11.1. The predicted molar refractivity (Wildman–Crippen MR) is 125 cm³/mol. The topological polar surface area (TPSA) is 117 Å². The van der Waals surface area contributed by atoms with Crippen molar-refractivity contribution in [3.8, 4) is 28.8 Å². The molecule has 3 heterocycles. The smallest absolute Gasteiger partial charge is 0.231 e. The molecule has 3 aromatic rings. The molecule has 1 atom stereocenters. The highest BCUT2D eigenvalue weighted by atomic mass is 16.7. The van der Waals surface area contributed by atoms with Gasteiger partial charge in [0.1, 0.15) is 5.82 Å². The number of hydrogen-bond donors (Lipinski definition) is 2. The number of nitriles is 1. The molecule has 0 spiro atoms. The van der Waals surface area contributed by atoms with E-state index in [0.717, 1.165) is 22.5 Å². The van der Waals surface area contributed by atoms with Gasteiger partial charge in [-0.25, -0.2) is 0 Å². The maximum Gasteiger partial charge on any atom is 0.231 e. The fourth-order valence-corrected chi connectivity index (χ4v) is 4.97. The summed E-state index contributed by atoms with van der Waals surface area (Å²) in [5.74, 6) is 1.53. The molecule has 3 aliphatic rings. The number of fused-ring (bicyclic) bond motifs is 1. The minimum absolute atomic E-state index is 0.0213. The molecule has 168 valence electrons. The van der Waals surface area contributed by atoms with E-state index >= 15 is 0 Å². The number of ether oxygens (including phenoxy) is 2. The minimum atomic E-state index is -0.564. The number of benzene rings is 2. The Morgan fingerprint density at radius 2 is 1.91 bits per heavy atom. The molecule has 0 saturated heterocycles. The summed E-state index contributed by atoms with van der Waals surface area (Å²) in [5.41, 5.74) is 10.9. The van der Waals surface area contributed by atoms with E-state index in [-0.39, 0.29) is 18.4 Å². The van der Waals surface area contributed by atoms with E-state index in [1.54, 1.807) is 4.90 Å². The maximum atomic E-state index is 13.3. The second kappa shape index (κ2) is 7.81. The summed E-state index contributed by atoms with van der Waals surface area (Å²) >= 11 is 0. The van der Waals surface area contributed by atoms with Gasteiger partial charge in [0.15, 0.2) is 23.1 Å². The van der Waals surface area contributed by atoms with Crippen LogP contribution in [0.5, 0.6) is 11.5 Å². The Morgan fingerprint density at radius 3 is 2.74 bits per heavy atom. The van der Waals surface area contributed by atoms with Crippen LogP contribution >= 0.6 is 0 Å². The van der Waals surface area contributed by atoms with Crippen LogP contribution in [-0.2, 0) is 4.79 Å². The van der Waals surface area contributed by atoms with Gasteiger partial charge in [0.05, 0.1) is 23.3 Å². The van der Waals surface area contributed by atoms with Crippen LogP contribution < -0.4 is 20.1 Å². The lowest BCUT2D eigenvalue weighted by molar-refractivity contribution is -0.116. The number of nitrogens with zero attached hydrogens (tertiary/aromatic N) is 3. The average Bonchev–Trinajstić information content (AvgIpc) is 3.53. The molecule has 1 aliphatic carbocycles. The summed E-state index contributed by atoms with van der Waals surface area (Å²) < 4.78 is 11.0. The van der Waals surface area contributed by atoms with Crippen molar-refractivity contribution in [2.24, 2.45) is 5.73 Å². The average molecular weight is 451 g/mol. The number of anilines is 1. The highest BCUT2D eigenvalue weighted by Crippen LogP contribution is 2.47. The van der Waals surface area contributed by atoms with Gasteiger partial charge in [0.2, 0.25) is 6.79 Å². The van der Waals surface area contributed by atoms with Gasteiger partial charge < -0.3 is 15.2 Å². The first kappa shape index (κ1) is 20.1. The number of carbonyl (C=O) groups excluding carboxylic acids is 1. The van der Waals surface area contributed by atoms with Crippen molar-refractivity contribution in [3.63, 3.8) is 0 Å². The molecule has 0 saturated carbocycles. The lowest BCUT2D eigenvalue weighted by Gasteiger charge is -2.38. The fraction of sp³-hybridized carbons (Fsp3) is 0.192. The Hall–Kier alpha value is -4.51. The third kappa shape index (κ3) is 3.05. The van der Waals surface area contributed by atoms with Crippen LogP contribution in [0.3, 0.4) is 0 Å². The molecule has 2 aromatic carbocycles. The van der Waals surface area contributed by atoms with Crippen LogP contribution in [0, 0.1) is 11.3 Å². The molecule has 3 N–H and O–H groups in total. The van der Waals surface area contributed by atoms with Gasteiger partial charge in [-0.2, -0.15) is 10.4 Å². The van der Waals surface area contributed by atoms with E-state index in [0.29, 0.717) is 47.7 Å². The van der Waals surface area contributed by atoms with Crippen LogP contribution in [0.1, 0.15) is 30.7 Å². The van der Waals surface area contributed by atoms with Crippen molar-refractivity contribution in [3.05, 3.63) is 82.8 Å². The summed E-state index contributed by atoms with van der Waals surface area (Å²) in [4.78, 5) is 15.0. The standard InChI is InChI=1S/C26H21N5O3/c27-13-17-24(16-9-10-21-22(11-16)34-14-33-21)25-19(7-4-8-20(25)32)31(26(17)28)23-12-18(29-30-23)15-5-2-1-3-6-15/h1-3,5-6,9-12,24H,4,7-8,14,28H2,(H,29,30)/t24-/m1/s1. The summed E-state index contributed by atoms with van der Waals surface area (Å²) in [7, 11) is 0. The molecular weight excluding hydrogens is 430 g/mol. The Kier molecular flexibility index (Phi) is 4.62. The van der Waals surface area contributed by atoms with E-state index in [1.165, 1.54) is 0 Å². The van der Waals surface area contributed by atoms with Crippen LogP contribution in [0.25, 0.3) is 11.3 Å². The second-order valence-corrected chi connectivity index (χ2v) is 8.43. The number of Topliss-reactive ketones (excluding diaryl/α,β-unsaturated/α-hetero) is 1. The van der Waals surface area contributed by atoms with E-state index in [2.05, 4.69) is 16.3 Å². The molecule has 0 amide bonds. The molecule has 6 rings (SSSR count). The van der Waals surface area contributed by atoms with Crippen molar-refractivity contribution in [1.29, 1.82) is 5.26 Å². The summed E-state index contributed by atoms with van der Waals surface area (Å²) in [6, 6.07) is 19.5. The van der Waals surface area contributed by atoms with Crippen LogP contribution in [0.4, 0.5) is 5.82 Å².